The van der Waals surface area contributed by atoms with E-state index in [4.69, 9.17) is 4.74 Å². The van der Waals surface area contributed by atoms with E-state index in [0.717, 1.165) is 0 Å². The molecular formula is C15H30N2O4. The van der Waals surface area contributed by atoms with Crippen molar-refractivity contribution in [3.63, 3.8) is 0 Å². The highest BCUT2D eigenvalue weighted by atomic mass is 16.6. The van der Waals surface area contributed by atoms with E-state index in [0.29, 0.717) is 12.3 Å². The summed E-state index contributed by atoms with van der Waals surface area (Å²) < 4.78 is 5.09. The van der Waals surface area contributed by atoms with Gasteiger partial charge in [-0.15, -0.1) is 0 Å². The summed E-state index contributed by atoms with van der Waals surface area (Å²) in [5.41, 5.74) is -0.559. The average molecular weight is 302 g/mol. The molecule has 2 unspecified atom stereocenters. The highest BCUT2D eigenvalue weighted by Gasteiger charge is 2.19. The Morgan fingerprint density at radius 2 is 1.67 bits per heavy atom. The quantitative estimate of drug-likeness (QED) is 0.667. The van der Waals surface area contributed by atoms with E-state index in [9.17, 15) is 14.7 Å². The van der Waals surface area contributed by atoms with Crippen LogP contribution in [0.1, 0.15) is 48.0 Å². The fourth-order valence-electron chi connectivity index (χ4n) is 1.66. The van der Waals surface area contributed by atoms with Crippen molar-refractivity contribution in [3.8, 4) is 0 Å². The molecule has 0 aromatic carbocycles. The average Bonchev–Trinajstić information content (AvgIpc) is 2.29. The van der Waals surface area contributed by atoms with E-state index in [2.05, 4.69) is 10.6 Å². The Morgan fingerprint density at radius 1 is 1.10 bits per heavy atom. The summed E-state index contributed by atoms with van der Waals surface area (Å²) in [7, 11) is 0. The largest absolute Gasteiger partial charge is 0.444 e. The maximum Gasteiger partial charge on any atom is 0.407 e. The van der Waals surface area contributed by atoms with Crippen molar-refractivity contribution < 1.29 is 19.4 Å². The Morgan fingerprint density at radius 3 is 2.14 bits per heavy atom. The summed E-state index contributed by atoms with van der Waals surface area (Å²) >= 11 is 0. The molecule has 0 radical (unpaired) electrons. The van der Waals surface area contributed by atoms with Gasteiger partial charge in [0.15, 0.2) is 0 Å². The molecule has 124 valence electrons. The molecule has 0 rings (SSSR count). The molecule has 0 aromatic rings. The van der Waals surface area contributed by atoms with Crippen LogP contribution in [0.15, 0.2) is 0 Å². The van der Waals surface area contributed by atoms with Gasteiger partial charge in [-0.05, 0) is 33.1 Å². The standard InChI is InChI=1S/C15H30N2O4/c1-10(2)7-12(18)9-16-13(19)11(3)8-17-14(20)21-15(4,5)6/h10-12,18H,7-9H2,1-6H3,(H,16,19)(H,17,20). The first-order valence-electron chi connectivity index (χ1n) is 7.44. The molecule has 0 aliphatic rings. The van der Waals surface area contributed by atoms with E-state index < -0.39 is 17.8 Å². The van der Waals surface area contributed by atoms with Crippen LogP contribution in [0.5, 0.6) is 0 Å². The van der Waals surface area contributed by atoms with Gasteiger partial charge >= 0.3 is 6.09 Å². The molecule has 2 atom stereocenters. The molecule has 6 heteroatoms. The van der Waals surface area contributed by atoms with Crippen LogP contribution in [0.3, 0.4) is 0 Å². The normalized spacial score (nSPS) is 14.5. The third-order valence-corrected chi connectivity index (χ3v) is 2.65. The number of hydrogen-bond acceptors (Lipinski definition) is 4. The predicted molar refractivity (Wildman–Crippen MR) is 81.9 cm³/mol. The lowest BCUT2D eigenvalue weighted by atomic mass is 10.1. The summed E-state index contributed by atoms with van der Waals surface area (Å²) in [6.45, 7) is 11.5. The van der Waals surface area contributed by atoms with Crippen LogP contribution in [0.2, 0.25) is 0 Å². The smallest absolute Gasteiger partial charge is 0.407 e. The molecule has 0 spiro atoms. The molecule has 0 aliphatic carbocycles. The summed E-state index contributed by atoms with van der Waals surface area (Å²) in [6, 6.07) is 0. The van der Waals surface area contributed by atoms with Crippen LogP contribution >= 0.6 is 0 Å². The fourth-order valence-corrected chi connectivity index (χ4v) is 1.66. The zero-order valence-corrected chi connectivity index (χ0v) is 14.0. The van der Waals surface area contributed by atoms with E-state index in [1.165, 1.54) is 0 Å². The second kappa shape index (κ2) is 8.87. The Kier molecular flexibility index (Phi) is 8.32. The van der Waals surface area contributed by atoms with Crippen molar-refractivity contribution in [1.82, 2.24) is 10.6 Å². The molecule has 21 heavy (non-hydrogen) atoms. The van der Waals surface area contributed by atoms with Crippen molar-refractivity contribution in [3.05, 3.63) is 0 Å². The SMILES string of the molecule is CC(C)CC(O)CNC(=O)C(C)CNC(=O)OC(C)(C)C. The number of rotatable bonds is 7. The molecule has 0 fully saturated rings. The van der Waals surface area contributed by atoms with Crippen LogP contribution in [-0.4, -0.2) is 41.9 Å². The number of hydrogen-bond donors (Lipinski definition) is 3. The Hall–Kier alpha value is -1.30. The topological polar surface area (TPSA) is 87.7 Å². The first-order valence-corrected chi connectivity index (χ1v) is 7.44. The van der Waals surface area contributed by atoms with Crippen molar-refractivity contribution >= 4 is 12.0 Å². The fraction of sp³-hybridized carbons (Fsp3) is 0.867. The van der Waals surface area contributed by atoms with Crippen molar-refractivity contribution in [2.24, 2.45) is 11.8 Å². The summed E-state index contributed by atoms with van der Waals surface area (Å²) in [6.07, 6.45) is -0.438. The molecule has 0 aliphatic heterocycles. The van der Waals surface area contributed by atoms with E-state index in [-0.39, 0.29) is 24.9 Å². The summed E-state index contributed by atoms with van der Waals surface area (Å²) in [5, 5.41) is 14.9. The monoisotopic (exact) mass is 302 g/mol. The van der Waals surface area contributed by atoms with E-state index >= 15 is 0 Å². The van der Waals surface area contributed by atoms with Gasteiger partial charge in [0.25, 0.3) is 0 Å². The van der Waals surface area contributed by atoms with Crippen molar-refractivity contribution in [2.45, 2.75) is 59.7 Å². The maximum absolute atomic E-state index is 11.8. The lowest BCUT2D eigenvalue weighted by molar-refractivity contribution is -0.124. The van der Waals surface area contributed by atoms with E-state index in [1.54, 1.807) is 27.7 Å². The van der Waals surface area contributed by atoms with Gasteiger partial charge in [-0.3, -0.25) is 4.79 Å². The third-order valence-electron chi connectivity index (χ3n) is 2.65. The molecule has 2 amide bonds. The number of amides is 2. The van der Waals surface area contributed by atoms with Gasteiger partial charge in [-0.25, -0.2) is 4.79 Å². The molecule has 0 bridgehead atoms. The summed E-state index contributed by atoms with van der Waals surface area (Å²) in [5.74, 6) is -0.208. The van der Waals surface area contributed by atoms with Gasteiger partial charge in [0.2, 0.25) is 5.91 Å². The number of carbonyl (C=O) groups excluding carboxylic acids is 2. The Bertz CT molecular complexity index is 337. The van der Waals surface area contributed by atoms with Crippen LogP contribution in [0.4, 0.5) is 4.79 Å². The number of alkyl carbamates (subject to hydrolysis) is 1. The number of carbonyl (C=O) groups is 2. The summed E-state index contributed by atoms with van der Waals surface area (Å²) in [4.78, 5) is 23.3. The number of ether oxygens (including phenoxy) is 1. The van der Waals surface area contributed by atoms with Gasteiger partial charge in [-0.2, -0.15) is 0 Å². The van der Waals surface area contributed by atoms with Crippen molar-refractivity contribution in [2.75, 3.05) is 13.1 Å². The van der Waals surface area contributed by atoms with Gasteiger partial charge in [-0.1, -0.05) is 20.8 Å². The molecule has 3 N–H and O–H groups in total. The zero-order chi connectivity index (χ0) is 16.6. The van der Waals surface area contributed by atoms with Crippen LogP contribution in [0.25, 0.3) is 0 Å². The highest BCUT2D eigenvalue weighted by Crippen LogP contribution is 2.07. The molecule has 0 saturated carbocycles. The van der Waals surface area contributed by atoms with Gasteiger partial charge in [0.05, 0.1) is 12.0 Å². The first-order chi connectivity index (χ1) is 9.51. The van der Waals surface area contributed by atoms with Gasteiger partial charge in [0, 0.05) is 13.1 Å². The van der Waals surface area contributed by atoms with Crippen LogP contribution in [-0.2, 0) is 9.53 Å². The lowest BCUT2D eigenvalue weighted by Crippen LogP contribution is -2.41. The second-order valence-electron chi connectivity index (χ2n) is 6.81. The molecule has 6 nitrogen and oxygen atoms in total. The third kappa shape index (κ3) is 11.1. The minimum absolute atomic E-state index is 0.195. The highest BCUT2D eigenvalue weighted by molar-refractivity contribution is 5.79. The molecule has 0 aromatic heterocycles. The molecule has 0 saturated heterocycles. The first kappa shape index (κ1) is 19.7. The Balaban J connectivity index is 3.98. The second-order valence-corrected chi connectivity index (χ2v) is 6.81. The zero-order valence-electron chi connectivity index (χ0n) is 14.0. The molecule has 0 heterocycles. The number of aliphatic hydroxyl groups is 1. The van der Waals surface area contributed by atoms with E-state index in [1.807, 2.05) is 13.8 Å². The van der Waals surface area contributed by atoms with Gasteiger partial charge in [0.1, 0.15) is 5.60 Å². The minimum atomic E-state index is -0.559. The van der Waals surface area contributed by atoms with Crippen molar-refractivity contribution in [1.29, 1.82) is 0 Å². The van der Waals surface area contributed by atoms with Gasteiger partial charge < -0.3 is 20.5 Å². The lowest BCUT2D eigenvalue weighted by Gasteiger charge is -2.21. The number of nitrogens with one attached hydrogen (secondary N) is 2. The minimum Gasteiger partial charge on any atom is -0.444 e. The number of aliphatic hydroxyl groups excluding tert-OH is 1. The Labute approximate surface area is 127 Å². The van der Waals surface area contributed by atoms with Crippen LogP contribution in [0, 0.1) is 11.8 Å². The predicted octanol–water partition coefficient (Wildman–Crippen LogP) is 1.67. The van der Waals surface area contributed by atoms with Crippen LogP contribution < -0.4 is 10.6 Å². The molecular weight excluding hydrogens is 272 g/mol. The maximum atomic E-state index is 11.8.